The summed E-state index contributed by atoms with van der Waals surface area (Å²) in [6, 6.07) is 11.6. The SMILES string of the molecule is COc1ccc(COCC(=O)N[C@@H](CC(=O)O)c2ccc(OC)c(OC)c2)cc1. The first-order valence-corrected chi connectivity index (χ1v) is 8.90. The number of amides is 1. The van der Waals surface area contributed by atoms with Gasteiger partial charge in [0.1, 0.15) is 12.4 Å². The topological polar surface area (TPSA) is 103 Å². The Morgan fingerprint density at radius 3 is 2.24 bits per heavy atom. The number of benzene rings is 2. The van der Waals surface area contributed by atoms with Crippen molar-refractivity contribution >= 4 is 11.9 Å². The van der Waals surface area contributed by atoms with Gasteiger partial charge in [-0.2, -0.15) is 0 Å². The van der Waals surface area contributed by atoms with E-state index < -0.39 is 17.9 Å². The van der Waals surface area contributed by atoms with E-state index in [1.54, 1.807) is 37.4 Å². The summed E-state index contributed by atoms with van der Waals surface area (Å²) in [4.78, 5) is 23.5. The summed E-state index contributed by atoms with van der Waals surface area (Å²) in [6.07, 6.45) is -0.278. The van der Waals surface area contributed by atoms with Crippen molar-refractivity contribution in [2.45, 2.75) is 19.1 Å². The number of hydrogen-bond acceptors (Lipinski definition) is 6. The summed E-state index contributed by atoms with van der Waals surface area (Å²) >= 11 is 0. The van der Waals surface area contributed by atoms with Gasteiger partial charge in [0.25, 0.3) is 0 Å². The second kappa shape index (κ2) is 10.9. The Balaban J connectivity index is 1.98. The minimum Gasteiger partial charge on any atom is -0.497 e. The van der Waals surface area contributed by atoms with Crippen LogP contribution in [0.25, 0.3) is 0 Å². The molecule has 0 saturated heterocycles. The maximum atomic E-state index is 12.3. The standard InChI is InChI=1S/C21H25NO7/c1-26-16-7-4-14(5-8-16)12-29-13-20(23)22-17(11-21(24)25)15-6-9-18(27-2)19(10-15)28-3/h4-10,17H,11-13H2,1-3H3,(H,22,23)(H,24,25)/t17-/m0/s1. The average Bonchev–Trinajstić information content (AvgIpc) is 2.73. The third-order valence-corrected chi connectivity index (χ3v) is 4.18. The Hall–Kier alpha value is -3.26. The van der Waals surface area contributed by atoms with E-state index in [1.165, 1.54) is 14.2 Å². The van der Waals surface area contributed by atoms with Crippen LogP contribution in [0.5, 0.6) is 17.2 Å². The fourth-order valence-electron chi connectivity index (χ4n) is 2.72. The zero-order chi connectivity index (χ0) is 21.2. The molecule has 2 N–H and O–H groups in total. The number of aliphatic carboxylic acids is 1. The molecule has 0 fully saturated rings. The lowest BCUT2D eigenvalue weighted by Gasteiger charge is -2.19. The van der Waals surface area contributed by atoms with Crippen LogP contribution in [0.4, 0.5) is 0 Å². The molecule has 0 aliphatic carbocycles. The fourth-order valence-corrected chi connectivity index (χ4v) is 2.72. The molecule has 0 spiro atoms. The van der Waals surface area contributed by atoms with Crippen LogP contribution < -0.4 is 19.5 Å². The Morgan fingerprint density at radius 1 is 0.966 bits per heavy atom. The summed E-state index contributed by atoms with van der Waals surface area (Å²) < 4.78 is 21.0. The number of nitrogens with one attached hydrogen (secondary N) is 1. The van der Waals surface area contributed by atoms with Crippen molar-refractivity contribution in [3.63, 3.8) is 0 Å². The highest BCUT2D eigenvalue weighted by atomic mass is 16.5. The largest absolute Gasteiger partial charge is 0.497 e. The summed E-state index contributed by atoms with van der Waals surface area (Å²) in [6.45, 7) is 0.0484. The molecule has 29 heavy (non-hydrogen) atoms. The molecule has 2 aromatic carbocycles. The van der Waals surface area contributed by atoms with E-state index in [9.17, 15) is 14.7 Å². The van der Waals surface area contributed by atoms with Gasteiger partial charge in [-0.25, -0.2) is 0 Å². The van der Waals surface area contributed by atoms with Crippen LogP contribution in [-0.2, 0) is 20.9 Å². The Morgan fingerprint density at radius 2 is 1.66 bits per heavy atom. The van der Waals surface area contributed by atoms with Crippen LogP contribution in [0, 0.1) is 0 Å². The van der Waals surface area contributed by atoms with Gasteiger partial charge in [-0.05, 0) is 35.4 Å². The molecule has 0 aliphatic rings. The number of carboxylic acids is 1. The first kappa shape index (κ1) is 22.0. The van der Waals surface area contributed by atoms with E-state index in [-0.39, 0.29) is 19.6 Å². The van der Waals surface area contributed by atoms with Crippen LogP contribution in [0.1, 0.15) is 23.6 Å². The zero-order valence-electron chi connectivity index (χ0n) is 16.6. The van der Waals surface area contributed by atoms with Crippen LogP contribution in [0.15, 0.2) is 42.5 Å². The number of hydrogen-bond donors (Lipinski definition) is 2. The molecular weight excluding hydrogens is 378 g/mol. The van der Waals surface area contributed by atoms with Gasteiger partial charge in [-0.1, -0.05) is 18.2 Å². The van der Waals surface area contributed by atoms with Gasteiger partial charge in [-0.3, -0.25) is 9.59 Å². The quantitative estimate of drug-likeness (QED) is 0.594. The number of carbonyl (C=O) groups excluding carboxylic acids is 1. The van der Waals surface area contributed by atoms with Crippen LogP contribution in [0.2, 0.25) is 0 Å². The third-order valence-electron chi connectivity index (χ3n) is 4.18. The number of carbonyl (C=O) groups is 2. The van der Waals surface area contributed by atoms with Crippen LogP contribution >= 0.6 is 0 Å². The lowest BCUT2D eigenvalue weighted by Crippen LogP contribution is -2.33. The Bertz CT molecular complexity index is 820. The predicted octanol–water partition coefficient (Wildman–Crippen LogP) is 2.56. The van der Waals surface area contributed by atoms with Gasteiger partial charge in [0.15, 0.2) is 11.5 Å². The molecule has 0 bridgehead atoms. The second-order valence-electron chi connectivity index (χ2n) is 6.17. The van der Waals surface area contributed by atoms with E-state index in [2.05, 4.69) is 5.32 Å². The summed E-state index contributed by atoms with van der Waals surface area (Å²) in [5, 5.41) is 11.9. The monoisotopic (exact) mass is 403 g/mol. The molecule has 156 valence electrons. The minimum absolute atomic E-state index is 0.199. The van der Waals surface area contributed by atoms with Gasteiger partial charge in [-0.15, -0.1) is 0 Å². The van der Waals surface area contributed by atoms with Gasteiger partial charge in [0.05, 0.1) is 40.4 Å². The van der Waals surface area contributed by atoms with Crippen molar-refractivity contribution in [1.29, 1.82) is 0 Å². The molecular formula is C21H25NO7. The van der Waals surface area contributed by atoms with E-state index >= 15 is 0 Å². The Labute approximate surface area is 169 Å². The van der Waals surface area contributed by atoms with Gasteiger partial charge in [0.2, 0.25) is 5.91 Å². The highest BCUT2D eigenvalue weighted by Gasteiger charge is 2.20. The van der Waals surface area contributed by atoms with Crippen molar-refractivity contribution in [2.24, 2.45) is 0 Å². The maximum absolute atomic E-state index is 12.3. The first-order valence-electron chi connectivity index (χ1n) is 8.90. The lowest BCUT2D eigenvalue weighted by molar-refractivity contribution is -0.138. The summed E-state index contributed by atoms with van der Waals surface area (Å²) in [5.74, 6) is 0.242. The van der Waals surface area contributed by atoms with Crippen molar-refractivity contribution < 1.29 is 33.6 Å². The van der Waals surface area contributed by atoms with Gasteiger partial charge < -0.3 is 29.4 Å². The van der Waals surface area contributed by atoms with Gasteiger partial charge >= 0.3 is 5.97 Å². The second-order valence-corrected chi connectivity index (χ2v) is 6.17. The summed E-state index contributed by atoms with van der Waals surface area (Å²) in [7, 11) is 4.58. The van der Waals surface area contributed by atoms with E-state index in [1.807, 2.05) is 12.1 Å². The highest BCUT2D eigenvalue weighted by Crippen LogP contribution is 2.31. The zero-order valence-corrected chi connectivity index (χ0v) is 16.6. The molecule has 8 nitrogen and oxygen atoms in total. The molecule has 2 rings (SSSR count). The average molecular weight is 403 g/mol. The van der Waals surface area contributed by atoms with E-state index in [0.717, 1.165) is 11.3 Å². The molecule has 0 aromatic heterocycles. The predicted molar refractivity (Wildman–Crippen MR) is 105 cm³/mol. The first-order chi connectivity index (χ1) is 14.0. The van der Waals surface area contributed by atoms with Crippen LogP contribution in [-0.4, -0.2) is 44.9 Å². The van der Waals surface area contributed by atoms with Crippen molar-refractivity contribution in [2.75, 3.05) is 27.9 Å². The fraction of sp³-hybridized carbons (Fsp3) is 0.333. The summed E-state index contributed by atoms with van der Waals surface area (Å²) in [5.41, 5.74) is 1.48. The number of ether oxygens (including phenoxy) is 4. The molecule has 0 aliphatic heterocycles. The lowest BCUT2D eigenvalue weighted by atomic mass is 10.0. The molecule has 0 unspecified atom stereocenters. The number of carboxylic acid groups (broad SMARTS) is 1. The maximum Gasteiger partial charge on any atom is 0.305 e. The third kappa shape index (κ3) is 6.69. The minimum atomic E-state index is -1.04. The highest BCUT2D eigenvalue weighted by molar-refractivity contribution is 5.79. The molecule has 0 saturated carbocycles. The molecule has 8 heteroatoms. The normalized spacial score (nSPS) is 11.4. The smallest absolute Gasteiger partial charge is 0.305 e. The van der Waals surface area contributed by atoms with E-state index in [0.29, 0.717) is 17.1 Å². The number of methoxy groups -OCH3 is 3. The molecule has 0 radical (unpaired) electrons. The van der Waals surface area contributed by atoms with Crippen molar-refractivity contribution in [1.82, 2.24) is 5.32 Å². The molecule has 0 heterocycles. The molecule has 1 atom stereocenters. The molecule has 2 aromatic rings. The van der Waals surface area contributed by atoms with Gasteiger partial charge in [0, 0.05) is 0 Å². The molecule has 1 amide bonds. The Kier molecular flexibility index (Phi) is 8.29. The van der Waals surface area contributed by atoms with Crippen molar-refractivity contribution in [3.05, 3.63) is 53.6 Å². The van der Waals surface area contributed by atoms with E-state index in [4.69, 9.17) is 18.9 Å². The van der Waals surface area contributed by atoms with Crippen molar-refractivity contribution in [3.8, 4) is 17.2 Å². The van der Waals surface area contributed by atoms with Crippen LogP contribution in [0.3, 0.4) is 0 Å². The number of rotatable bonds is 11.